The van der Waals surface area contributed by atoms with Gasteiger partial charge in [0.05, 0.1) is 11.4 Å². The lowest BCUT2D eigenvalue weighted by Crippen LogP contribution is -2.32. The van der Waals surface area contributed by atoms with Gasteiger partial charge >= 0.3 is 0 Å². The molecule has 0 unspecified atom stereocenters. The van der Waals surface area contributed by atoms with Crippen LogP contribution in [0.3, 0.4) is 0 Å². The molecular weight excluding hydrogens is 364 g/mol. The summed E-state index contributed by atoms with van der Waals surface area (Å²) >= 11 is 0. The Morgan fingerprint density at radius 3 is 2.30 bits per heavy atom. The van der Waals surface area contributed by atoms with Crippen LogP contribution in [0.5, 0.6) is 0 Å². The standard InChI is InChI=1S/C20H24N2O4S/c1-6-11-22-14(2)12-19(15(22)3)20(24)13-21(5)27(25,26)18-9-7-17(8-10-18)16(4)23/h6-10,12H,1,11,13H2,2-5H3. The van der Waals surface area contributed by atoms with Crippen molar-refractivity contribution in [3.8, 4) is 0 Å². The zero-order chi connectivity index (χ0) is 20.4. The van der Waals surface area contributed by atoms with Crippen molar-refractivity contribution in [2.45, 2.75) is 32.2 Å². The number of allylic oxidation sites excluding steroid dienone is 1. The number of nitrogens with zero attached hydrogens (tertiary/aromatic N) is 2. The number of benzene rings is 1. The number of ketones is 2. The third-order valence-corrected chi connectivity index (χ3v) is 6.34. The zero-order valence-electron chi connectivity index (χ0n) is 16.0. The van der Waals surface area contributed by atoms with Gasteiger partial charge in [-0.2, -0.15) is 4.31 Å². The molecule has 0 saturated carbocycles. The van der Waals surface area contributed by atoms with Crippen LogP contribution >= 0.6 is 0 Å². The highest BCUT2D eigenvalue weighted by Crippen LogP contribution is 2.19. The number of aromatic nitrogens is 1. The lowest BCUT2D eigenvalue weighted by molar-refractivity contribution is 0.0971. The molecule has 6 nitrogen and oxygen atoms in total. The predicted octanol–water partition coefficient (Wildman–Crippen LogP) is 3.00. The van der Waals surface area contributed by atoms with Crippen LogP contribution in [0.2, 0.25) is 0 Å². The fraction of sp³-hybridized carbons (Fsp3) is 0.300. The van der Waals surface area contributed by atoms with Crippen molar-refractivity contribution < 1.29 is 18.0 Å². The minimum absolute atomic E-state index is 0.0416. The highest BCUT2D eigenvalue weighted by atomic mass is 32.2. The van der Waals surface area contributed by atoms with E-state index in [9.17, 15) is 18.0 Å². The number of hydrogen-bond donors (Lipinski definition) is 0. The quantitative estimate of drug-likeness (QED) is 0.515. The minimum Gasteiger partial charge on any atom is -0.345 e. The Bertz CT molecular complexity index is 986. The van der Waals surface area contributed by atoms with Gasteiger partial charge in [-0.15, -0.1) is 6.58 Å². The van der Waals surface area contributed by atoms with E-state index in [1.807, 2.05) is 18.4 Å². The molecule has 0 aliphatic carbocycles. The lowest BCUT2D eigenvalue weighted by atomic mass is 10.1. The third kappa shape index (κ3) is 4.26. The number of carbonyl (C=O) groups excluding carboxylic acids is 2. The Kier molecular flexibility index (Phi) is 6.18. The first-order valence-corrected chi connectivity index (χ1v) is 9.91. The monoisotopic (exact) mass is 388 g/mol. The zero-order valence-corrected chi connectivity index (χ0v) is 16.8. The highest BCUT2D eigenvalue weighted by molar-refractivity contribution is 7.89. The second-order valence-corrected chi connectivity index (χ2v) is 8.49. The van der Waals surface area contributed by atoms with Crippen LogP contribution in [-0.2, 0) is 16.6 Å². The molecule has 0 amide bonds. The van der Waals surface area contributed by atoms with Crippen LogP contribution in [0.15, 0.2) is 47.9 Å². The second kappa shape index (κ2) is 8.02. The van der Waals surface area contributed by atoms with E-state index in [1.165, 1.54) is 38.2 Å². The van der Waals surface area contributed by atoms with Crippen molar-refractivity contribution in [3.63, 3.8) is 0 Å². The molecule has 7 heteroatoms. The van der Waals surface area contributed by atoms with E-state index in [2.05, 4.69) is 6.58 Å². The predicted molar refractivity (Wildman–Crippen MR) is 105 cm³/mol. The highest BCUT2D eigenvalue weighted by Gasteiger charge is 2.25. The van der Waals surface area contributed by atoms with Crippen molar-refractivity contribution in [1.82, 2.24) is 8.87 Å². The first kappa shape index (κ1) is 20.8. The summed E-state index contributed by atoms with van der Waals surface area (Å²) in [6.45, 7) is 9.16. The molecule has 27 heavy (non-hydrogen) atoms. The molecule has 0 fully saturated rings. The van der Waals surface area contributed by atoms with Gasteiger partial charge in [-0.3, -0.25) is 9.59 Å². The van der Waals surface area contributed by atoms with Gasteiger partial charge in [0.2, 0.25) is 10.0 Å². The number of sulfonamides is 1. The molecule has 1 heterocycles. The average molecular weight is 388 g/mol. The largest absolute Gasteiger partial charge is 0.345 e. The van der Waals surface area contributed by atoms with Gasteiger partial charge in [0.15, 0.2) is 11.6 Å². The van der Waals surface area contributed by atoms with Gasteiger partial charge in [-0.25, -0.2) is 8.42 Å². The fourth-order valence-electron chi connectivity index (χ4n) is 2.91. The Balaban J connectivity index is 2.24. The fourth-order valence-corrected chi connectivity index (χ4v) is 4.03. The van der Waals surface area contributed by atoms with Gasteiger partial charge in [-0.05, 0) is 39.0 Å². The van der Waals surface area contributed by atoms with E-state index < -0.39 is 10.0 Å². The van der Waals surface area contributed by atoms with Crippen LogP contribution in [0.1, 0.15) is 39.0 Å². The summed E-state index contributed by atoms with van der Waals surface area (Å²) in [6.07, 6.45) is 1.75. The molecule has 2 rings (SSSR count). The lowest BCUT2D eigenvalue weighted by Gasteiger charge is -2.16. The van der Waals surface area contributed by atoms with Gasteiger partial charge in [0.25, 0.3) is 0 Å². The second-order valence-electron chi connectivity index (χ2n) is 6.45. The Morgan fingerprint density at radius 2 is 1.78 bits per heavy atom. The molecule has 0 aliphatic rings. The van der Waals surface area contributed by atoms with E-state index >= 15 is 0 Å². The maximum Gasteiger partial charge on any atom is 0.243 e. The van der Waals surface area contributed by atoms with Crippen molar-refractivity contribution in [3.05, 3.63) is 65.5 Å². The van der Waals surface area contributed by atoms with Gasteiger partial charge in [0, 0.05) is 36.1 Å². The van der Waals surface area contributed by atoms with Gasteiger partial charge in [0.1, 0.15) is 0 Å². The number of likely N-dealkylation sites (N-methyl/N-ethyl adjacent to an activating group) is 1. The van der Waals surface area contributed by atoms with Gasteiger partial charge in [-0.1, -0.05) is 18.2 Å². The van der Waals surface area contributed by atoms with E-state index in [0.29, 0.717) is 17.7 Å². The molecule has 0 atom stereocenters. The topological polar surface area (TPSA) is 76.5 Å². The number of aryl methyl sites for hydroxylation is 1. The van der Waals surface area contributed by atoms with E-state index in [1.54, 1.807) is 12.1 Å². The molecule has 0 spiro atoms. The third-order valence-electron chi connectivity index (χ3n) is 4.52. The Hall–Kier alpha value is -2.51. The van der Waals surface area contributed by atoms with Crippen LogP contribution in [-0.4, -0.2) is 42.4 Å². The maximum atomic E-state index is 12.7. The van der Waals surface area contributed by atoms with Crippen molar-refractivity contribution in [2.75, 3.05) is 13.6 Å². The molecule has 144 valence electrons. The van der Waals surface area contributed by atoms with E-state index in [-0.39, 0.29) is 23.0 Å². The smallest absolute Gasteiger partial charge is 0.243 e. The van der Waals surface area contributed by atoms with E-state index in [4.69, 9.17) is 0 Å². The molecule has 0 radical (unpaired) electrons. The molecule has 0 N–H and O–H groups in total. The Labute approximate surface area is 160 Å². The summed E-state index contributed by atoms with van der Waals surface area (Å²) in [5.41, 5.74) is 2.64. The number of rotatable bonds is 8. The minimum atomic E-state index is -3.83. The molecule has 2 aromatic rings. The molecule has 1 aromatic carbocycles. The molecular formula is C20H24N2O4S. The molecule has 0 aliphatic heterocycles. The van der Waals surface area contributed by atoms with Crippen molar-refractivity contribution in [2.24, 2.45) is 0 Å². The van der Waals surface area contributed by atoms with Gasteiger partial charge < -0.3 is 4.57 Å². The van der Waals surface area contributed by atoms with Crippen LogP contribution in [0.4, 0.5) is 0 Å². The molecule has 0 bridgehead atoms. The molecule has 1 aromatic heterocycles. The number of carbonyl (C=O) groups is 2. The van der Waals surface area contributed by atoms with Crippen LogP contribution in [0, 0.1) is 13.8 Å². The Morgan fingerprint density at radius 1 is 1.19 bits per heavy atom. The first-order valence-electron chi connectivity index (χ1n) is 8.47. The van der Waals surface area contributed by atoms with Crippen molar-refractivity contribution in [1.29, 1.82) is 0 Å². The van der Waals surface area contributed by atoms with E-state index in [0.717, 1.165) is 15.7 Å². The summed E-state index contributed by atoms with van der Waals surface area (Å²) in [4.78, 5) is 24.1. The maximum absolute atomic E-state index is 12.7. The first-order chi connectivity index (χ1) is 12.6. The number of Topliss-reactive ketones (excluding diaryl/α,β-unsaturated/α-hetero) is 2. The average Bonchev–Trinajstić information content (AvgIpc) is 2.90. The number of hydrogen-bond acceptors (Lipinski definition) is 4. The van der Waals surface area contributed by atoms with Crippen molar-refractivity contribution >= 4 is 21.6 Å². The summed E-state index contributed by atoms with van der Waals surface area (Å²) in [5, 5.41) is 0. The summed E-state index contributed by atoms with van der Waals surface area (Å²) in [5.74, 6) is -0.415. The molecule has 0 saturated heterocycles. The summed E-state index contributed by atoms with van der Waals surface area (Å²) in [6, 6.07) is 7.46. The van der Waals surface area contributed by atoms with Crippen LogP contribution < -0.4 is 0 Å². The SMILES string of the molecule is C=CCn1c(C)cc(C(=O)CN(C)S(=O)(=O)c2ccc(C(C)=O)cc2)c1C. The van der Waals surface area contributed by atoms with Crippen LogP contribution in [0.25, 0.3) is 0 Å². The summed E-state index contributed by atoms with van der Waals surface area (Å²) < 4.78 is 28.4. The summed E-state index contributed by atoms with van der Waals surface area (Å²) in [7, 11) is -2.46. The normalized spacial score (nSPS) is 11.6.